The van der Waals surface area contributed by atoms with Crippen molar-refractivity contribution in [2.45, 2.75) is 52.1 Å². The van der Waals surface area contributed by atoms with Gasteiger partial charge in [0, 0.05) is 4.47 Å². The molecule has 4 aromatic carbocycles. The zero-order chi connectivity index (χ0) is 28.8. The van der Waals surface area contributed by atoms with E-state index in [1.54, 1.807) is 0 Å². The number of anilines is 2. The lowest BCUT2D eigenvalue weighted by Crippen LogP contribution is -2.41. The molecule has 0 spiro atoms. The third kappa shape index (κ3) is 7.59. The van der Waals surface area contributed by atoms with Crippen molar-refractivity contribution in [3.63, 3.8) is 0 Å². The van der Waals surface area contributed by atoms with Crippen LogP contribution in [0.5, 0.6) is 11.5 Å². The monoisotopic (exact) mass is 602 g/mol. The number of nitrogens with two attached hydrogens (primary N) is 2. The highest BCUT2D eigenvalue weighted by atomic mass is 79.9. The Morgan fingerprint density at radius 2 is 1.10 bits per heavy atom. The van der Waals surface area contributed by atoms with Crippen LogP contribution in [0.1, 0.15) is 38.8 Å². The van der Waals surface area contributed by atoms with Crippen LogP contribution in [0.15, 0.2) is 102 Å². The summed E-state index contributed by atoms with van der Waals surface area (Å²) in [6, 6.07) is 31.3. The van der Waals surface area contributed by atoms with Gasteiger partial charge in [-0.25, -0.2) is 0 Å². The number of ether oxygens (including phenoxy) is 2. The van der Waals surface area contributed by atoms with Gasteiger partial charge in [0.1, 0.15) is 24.7 Å². The van der Waals surface area contributed by atoms with Crippen LogP contribution in [-0.2, 0) is 22.5 Å². The minimum absolute atomic E-state index is 0.366. The molecule has 1 aliphatic rings. The lowest BCUT2D eigenvalue weighted by atomic mass is 9.79. The summed E-state index contributed by atoms with van der Waals surface area (Å²) in [5.41, 5.74) is 15.6. The Bertz CT molecular complexity index is 1380. The zero-order valence-electron chi connectivity index (χ0n) is 23.4. The molecule has 0 aromatic heterocycles. The van der Waals surface area contributed by atoms with Crippen molar-refractivity contribution in [3.05, 3.63) is 113 Å². The molecule has 0 atom stereocenters. The van der Waals surface area contributed by atoms with Gasteiger partial charge < -0.3 is 30.2 Å². The van der Waals surface area contributed by atoms with Gasteiger partial charge in [-0.05, 0) is 74.6 Å². The Morgan fingerprint density at radius 1 is 0.650 bits per heavy atom. The topological polar surface area (TPSA) is 89.0 Å². The fourth-order valence-corrected chi connectivity index (χ4v) is 4.32. The first-order valence-electron chi connectivity index (χ1n) is 13.2. The Balaban J connectivity index is 0.000000201. The van der Waals surface area contributed by atoms with Gasteiger partial charge in [-0.15, -0.1) is 0 Å². The third-order valence-electron chi connectivity index (χ3n) is 7.01. The molecule has 0 amide bonds. The number of halogens is 1. The largest absolute Gasteiger partial charge is 0.494 e. The van der Waals surface area contributed by atoms with E-state index in [-0.39, 0.29) is 11.2 Å². The van der Waals surface area contributed by atoms with Crippen molar-refractivity contribution in [2.24, 2.45) is 0 Å². The van der Waals surface area contributed by atoms with Gasteiger partial charge >= 0.3 is 7.12 Å². The molecule has 5 rings (SSSR count). The molecular formula is C32H36BBrN2O4. The number of hydrogen-bond donors (Lipinski definition) is 2. The Kier molecular flexibility index (Phi) is 9.46. The van der Waals surface area contributed by atoms with E-state index in [1.807, 2.05) is 125 Å². The molecule has 0 saturated carbocycles. The maximum Gasteiger partial charge on any atom is 0.494 e. The fourth-order valence-electron chi connectivity index (χ4n) is 3.95. The second-order valence-corrected chi connectivity index (χ2v) is 11.5. The van der Waals surface area contributed by atoms with Crippen LogP contribution >= 0.6 is 15.9 Å². The van der Waals surface area contributed by atoms with E-state index in [9.17, 15) is 0 Å². The lowest BCUT2D eigenvalue weighted by Gasteiger charge is -2.32. The average Bonchev–Trinajstić information content (AvgIpc) is 3.15. The van der Waals surface area contributed by atoms with E-state index >= 15 is 0 Å². The van der Waals surface area contributed by atoms with E-state index in [0.717, 1.165) is 21.1 Å². The van der Waals surface area contributed by atoms with Crippen LogP contribution in [0, 0.1) is 0 Å². The van der Waals surface area contributed by atoms with Gasteiger partial charge in [0.15, 0.2) is 0 Å². The summed E-state index contributed by atoms with van der Waals surface area (Å²) < 4.78 is 24.5. The predicted octanol–water partition coefficient (Wildman–Crippen LogP) is 6.76. The van der Waals surface area contributed by atoms with Gasteiger partial charge in [-0.1, -0.05) is 82.7 Å². The van der Waals surface area contributed by atoms with Crippen molar-refractivity contribution >= 4 is 39.9 Å². The summed E-state index contributed by atoms with van der Waals surface area (Å²) in [5, 5.41) is 0. The summed E-state index contributed by atoms with van der Waals surface area (Å²) in [4.78, 5) is 0. The summed E-state index contributed by atoms with van der Waals surface area (Å²) in [7, 11) is -0.416. The van der Waals surface area contributed by atoms with Gasteiger partial charge in [0.2, 0.25) is 0 Å². The first kappa shape index (κ1) is 29.5. The van der Waals surface area contributed by atoms with Crippen molar-refractivity contribution in [2.75, 3.05) is 11.5 Å². The molecule has 1 aliphatic heterocycles. The molecule has 0 bridgehead atoms. The first-order chi connectivity index (χ1) is 19.0. The molecule has 4 aromatic rings. The van der Waals surface area contributed by atoms with Crippen molar-refractivity contribution in [3.8, 4) is 11.5 Å². The average molecular weight is 603 g/mol. The van der Waals surface area contributed by atoms with Gasteiger partial charge in [0.05, 0.1) is 22.6 Å². The number of benzene rings is 4. The summed E-state index contributed by atoms with van der Waals surface area (Å²) in [6.45, 7) is 9.16. The van der Waals surface area contributed by atoms with Crippen LogP contribution in [0.4, 0.5) is 11.4 Å². The number of hydrogen-bond acceptors (Lipinski definition) is 6. The van der Waals surface area contributed by atoms with Gasteiger partial charge in [-0.2, -0.15) is 0 Å². The highest BCUT2D eigenvalue weighted by Gasteiger charge is 2.51. The van der Waals surface area contributed by atoms with E-state index in [1.165, 1.54) is 0 Å². The minimum atomic E-state index is -0.416. The third-order valence-corrected chi connectivity index (χ3v) is 7.50. The molecule has 1 fully saturated rings. The highest BCUT2D eigenvalue weighted by molar-refractivity contribution is 9.10. The van der Waals surface area contributed by atoms with Crippen LogP contribution < -0.4 is 26.4 Å². The van der Waals surface area contributed by atoms with Crippen molar-refractivity contribution in [1.29, 1.82) is 0 Å². The standard InChI is InChI=1S/C19H24BNO3.C13H12BrNO/c1-18(2)19(3,4)24-20(23-18)15-10-11-17(16(21)12-15)22-13-14-8-6-5-7-9-14;14-11-6-7-13(12(15)8-11)16-9-10-4-2-1-3-5-10/h5-12H,13,21H2,1-4H3;1-8H,9,15H2. The Labute approximate surface area is 245 Å². The second kappa shape index (κ2) is 12.8. The zero-order valence-corrected chi connectivity index (χ0v) is 25.0. The summed E-state index contributed by atoms with van der Waals surface area (Å²) >= 11 is 3.36. The maximum absolute atomic E-state index is 6.15. The molecule has 8 heteroatoms. The SMILES string of the molecule is CC1(C)OB(c2ccc(OCc3ccccc3)c(N)c2)OC1(C)C.Nc1cc(Br)ccc1OCc1ccccc1. The molecule has 1 saturated heterocycles. The molecule has 6 nitrogen and oxygen atoms in total. The van der Waals surface area contributed by atoms with Crippen LogP contribution in [0.3, 0.4) is 0 Å². The quantitative estimate of drug-likeness (QED) is 0.179. The number of rotatable bonds is 7. The molecule has 4 N–H and O–H groups in total. The van der Waals surface area contributed by atoms with E-state index in [2.05, 4.69) is 15.9 Å². The molecule has 208 valence electrons. The normalized spacial score (nSPS) is 15.2. The minimum Gasteiger partial charge on any atom is -0.487 e. The van der Waals surface area contributed by atoms with Crippen molar-refractivity contribution in [1.82, 2.24) is 0 Å². The maximum atomic E-state index is 6.15. The fraction of sp³-hybridized carbons (Fsp3) is 0.250. The Hall–Kier alpha value is -3.46. The van der Waals surface area contributed by atoms with Crippen LogP contribution in [-0.4, -0.2) is 18.3 Å². The summed E-state index contributed by atoms with van der Waals surface area (Å²) in [6.07, 6.45) is 0. The second-order valence-electron chi connectivity index (χ2n) is 10.6. The van der Waals surface area contributed by atoms with Crippen molar-refractivity contribution < 1.29 is 18.8 Å². The molecule has 1 heterocycles. The lowest BCUT2D eigenvalue weighted by molar-refractivity contribution is 0.00578. The van der Waals surface area contributed by atoms with Gasteiger partial charge in [0.25, 0.3) is 0 Å². The van der Waals surface area contributed by atoms with Gasteiger partial charge in [-0.3, -0.25) is 0 Å². The molecule has 40 heavy (non-hydrogen) atoms. The Morgan fingerprint density at radius 3 is 1.55 bits per heavy atom. The van der Waals surface area contributed by atoms with E-state index < -0.39 is 7.12 Å². The van der Waals surface area contributed by atoms with E-state index in [4.69, 9.17) is 30.2 Å². The first-order valence-corrected chi connectivity index (χ1v) is 14.0. The van der Waals surface area contributed by atoms with Crippen LogP contribution in [0.2, 0.25) is 0 Å². The van der Waals surface area contributed by atoms with E-state index in [0.29, 0.717) is 36.1 Å². The molecular weight excluding hydrogens is 567 g/mol. The number of nitrogen functional groups attached to an aromatic ring is 2. The smallest absolute Gasteiger partial charge is 0.487 e. The molecule has 0 radical (unpaired) electrons. The summed E-state index contributed by atoms with van der Waals surface area (Å²) in [5.74, 6) is 1.38. The predicted molar refractivity (Wildman–Crippen MR) is 167 cm³/mol. The highest BCUT2D eigenvalue weighted by Crippen LogP contribution is 2.37. The van der Waals surface area contributed by atoms with Crippen LogP contribution in [0.25, 0.3) is 0 Å². The molecule has 0 unspecified atom stereocenters. The molecule has 0 aliphatic carbocycles.